The molecule has 1 aliphatic carbocycles. The maximum atomic E-state index is 14.1. The molecule has 0 aliphatic heterocycles. The predicted molar refractivity (Wildman–Crippen MR) is 81.0 cm³/mol. The summed E-state index contributed by atoms with van der Waals surface area (Å²) in [6, 6.07) is 2.92. The van der Waals surface area contributed by atoms with Crippen LogP contribution >= 0.6 is 11.8 Å². The third kappa shape index (κ3) is 4.19. The van der Waals surface area contributed by atoms with Crippen LogP contribution in [0.4, 0.5) is 8.78 Å². The highest BCUT2D eigenvalue weighted by molar-refractivity contribution is 8.00. The highest BCUT2D eigenvalue weighted by Crippen LogP contribution is 2.38. The maximum Gasteiger partial charge on any atom is 0.140 e. The van der Waals surface area contributed by atoms with Gasteiger partial charge >= 0.3 is 0 Å². The van der Waals surface area contributed by atoms with Crippen molar-refractivity contribution in [2.45, 2.75) is 56.2 Å². The molecule has 112 valence electrons. The molecule has 0 amide bonds. The van der Waals surface area contributed by atoms with E-state index in [0.29, 0.717) is 23.3 Å². The Hall–Kier alpha value is -0.610. The van der Waals surface area contributed by atoms with Gasteiger partial charge in [0, 0.05) is 11.8 Å². The van der Waals surface area contributed by atoms with Crippen molar-refractivity contribution in [3.05, 3.63) is 29.3 Å². The van der Waals surface area contributed by atoms with E-state index in [1.54, 1.807) is 0 Å². The molecular formula is C16H23F2NS. The minimum absolute atomic E-state index is 0.198. The van der Waals surface area contributed by atoms with Crippen molar-refractivity contribution >= 4 is 11.8 Å². The quantitative estimate of drug-likeness (QED) is 0.842. The summed E-state index contributed by atoms with van der Waals surface area (Å²) in [6.45, 7) is 5.50. The lowest BCUT2D eigenvalue weighted by Crippen LogP contribution is -2.16. The van der Waals surface area contributed by atoms with Crippen LogP contribution in [-0.2, 0) is 6.54 Å². The van der Waals surface area contributed by atoms with E-state index >= 15 is 0 Å². The molecule has 0 radical (unpaired) electrons. The summed E-state index contributed by atoms with van der Waals surface area (Å²) in [5, 5.41) is 3.43. The van der Waals surface area contributed by atoms with E-state index in [-0.39, 0.29) is 4.90 Å². The lowest BCUT2D eigenvalue weighted by molar-refractivity contribution is 0.393. The van der Waals surface area contributed by atoms with Gasteiger partial charge < -0.3 is 5.32 Å². The van der Waals surface area contributed by atoms with Gasteiger partial charge in [-0.1, -0.05) is 26.7 Å². The van der Waals surface area contributed by atoms with Crippen LogP contribution in [0.25, 0.3) is 0 Å². The molecule has 0 saturated heterocycles. The van der Waals surface area contributed by atoms with Crippen LogP contribution in [0, 0.1) is 17.6 Å². The van der Waals surface area contributed by atoms with Crippen molar-refractivity contribution in [1.82, 2.24) is 5.32 Å². The second-order valence-corrected chi connectivity index (χ2v) is 6.99. The van der Waals surface area contributed by atoms with Gasteiger partial charge in [-0.05, 0) is 43.0 Å². The highest BCUT2D eigenvalue weighted by atomic mass is 32.2. The van der Waals surface area contributed by atoms with Gasteiger partial charge in [-0.2, -0.15) is 0 Å². The number of nitrogens with one attached hydrogen (secondary N) is 1. The van der Waals surface area contributed by atoms with Crippen molar-refractivity contribution in [1.29, 1.82) is 0 Å². The molecule has 1 saturated carbocycles. The molecule has 20 heavy (non-hydrogen) atoms. The summed E-state index contributed by atoms with van der Waals surface area (Å²) < 4.78 is 28.2. The standard InChI is InChI=1S/C16H23F2NS/c1-3-19-10-12-8-14(17)16(15(18)9-12)20-13-6-4-5-11(2)7-13/h8-9,11,13,19H,3-7,10H2,1-2H3. The Morgan fingerprint density at radius 2 is 1.95 bits per heavy atom. The lowest BCUT2D eigenvalue weighted by atomic mass is 9.91. The van der Waals surface area contributed by atoms with Crippen LogP contribution in [0.15, 0.2) is 17.0 Å². The largest absolute Gasteiger partial charge is 0.313 e. The molecule has 0 spiro atoms. The number of hydrogen-bond donors (Lipinski definition) is 1. The summed E-state index contributed by atoms with van der Waals surface area (Å²) in [6.07, 6.45) is 4.53. The predicted octanol–water partition coefficient (Wildman–Crippen LogP) is 4.75. The monoisotopic (exact) mass is 299 g/mol. The Balaban J connectivity index is 2.07. The first-order valence-electron chi connectivity index (χ1n) is 7.45. The first kappa shape index (κ1) is 15.8. The number of thioether (sulfide) groups is 1. The van der Waals surface area contributed by atoms with Crippen LogP contribution in [0.1, 0.15) is 45.1 Å². The SMILES string of the molecule is CCNCc1cc(F)c(SC2CCCC(C)C2)c(F)c1. The Morgan fingerprint density at radius 1 is 1.25 bits per heavy atom. The van der Waals surface area contributed by atoms with Gasteiger partial charge in [0.2, 0.25) is 0 Å². The van der Waals surface area contributed by atoms with Crippen molar-refractivity contribution in [2.24, 2.45) is 5.92 Å². The van der Waals surface area contributed by atoms with Gasteiger partial charge in [-0.3, -0.25) is 0 Å². The van der Waals surface area contributed by atoms with E-state index in [2.05, 4.69) is 12.2 Å². The third-order valence-corrected chi connectivity index (χ3v) is 5.20. The minimum Gasteiger partial charge on any atom is -0.313 e. The van der Waals surface area contributed by atoms with Crippen LogP contribution in [0.3, 0.4) is 0 Å². The fraction of sp³-hybridized carbons (Fsp3) is 0.625. The van der Waals surface area contributed by atoms with Crippen LogP contribution < -0.4 is 5.32 Å². The summed E-state index contributed by atoms with van der Waals surface area (Å²) >= 11 is 1.38. The van der Waals surface area contributed by atoms with E-state index in [1.807, 2.05) is 6.92 Å². The number of hydrogen-bond acceptors (Lipinski definition) is 2. The van der Waals surface area contributed by atoms with Gasteiger partial charge in [-0.25, -0.2) is 8.78 Å². The Bertz CT molecular complexity index is 427. The van der Waals surface area contributed by atoms with E-state index in [0.717, 1.165) is 19.4 Å². The zero-order chi connectivity index (χ0) is 14.5. The van der Waals surface area contributed by atoms with Gasteiger partial charge in [0.15, 0.2) is 0 Å². The van der Waals surface area contributed by atoms with Gasteiger partial charge in [-0.15, -0.1) is 11.8 Å². The van der Waals surface area contributed by atoms with E-state index in [4.69, 9.17) is 0 Å². The fourth-order valence-electron chi connectivity index (χ4n) is 2.75. The van der Waals surface area contributed by atoms with E-state index in [9.17, 15) is 8.78 Å². The first-order chi connectivity index (χ1) is 9.60. The summed E-state index contributed by atoms with van der Waals surface area (Å²) in [5.74, 6) is -0.164. The zero-order valence-corrected chi connectivity index (χ0v) is 13.0. The topological polar surface area (TPSA) is 12.0 Å². The molecule has 2 unspecified atom stereocenters. The molecular weight excluding hydrogens is 276 g/mol. The van der Waals surface area contributed by atoms with Crippen molar-refractivity contribution in [2.75, 3.05) is 6.54 Å². The molecule has 1 N–H and O–H groups in total. The van der Waals surface area contributed by atoms with Gasteiger partial charge in [0.1, 0.15) is 11.6 Å². The molecule has 1 nitrogen and oxygen atoms in total. The molecule has 0 heterocycles. The normalized spacial score (nSPS) is 23.0. The molecule has 0 bridgehead atoms. The van der Waals surface area contributed by atoms with Crippen LogP contribution in [-0.4, -0.2) is 11.8 Å². The van der Waals surface area contributed by atoms with Gasteiger partial charge in [0.25, 0.3) is 0 Å². The Labute approximate surface area is 124 Å². The van der Waals surface area contributed by atoms with E-state index < -0.39 is 11.6 Å². The van der Waals surface area contributed by atoms with Crippen molar-refractivity contribution in [3.8, 4) is 0 Å². The number of halogens is 2. The molecule has 1 aliphatic rings. The number of rotatable bonds is 5. The van der Waals surface area contributed by atoms with Crippen molar-refractivity contribution in [3.63, 3.8) is 0 Å². The minimum atomic E-state index is -0.416. The molecule has 1 aromatic carbocycles. The summed E-state index contributed by atoms with van der Waals surface area (Å²) in [7, 11) is 0. The second-order valence-electron chi connectivity index (χ2n) is 5.68. The maximum absolute atomic E-state index is 14.1. The van der Waals surface area contributed by atoms with E-state index in [1.165, 1.54) is 36.7 Å². The molecule has 2 atom stereocenters. The lowest BCUT2D eigenvalue weighted by Gasteiger charge is -2.26. The van der Waals surface area contributed by atoms with Crippen molar-refractivity contribution < 1.29 is 8.78 Å². The first-order valence-corrected chi connectivity index (χ1v) is 8.33. The molecule has 4 heteroatoms. The van der Waals surface area contributed by atoms with Crippen LogP contribution in [0.5, 0.6) is 0 Å². The molecule has 0 aromatic heterocycles. The molecule has 2 rings (SSSR count). The summed E-state index contributed by atoms with van der Waals surface area (Å²) in [5.41, 5.74) is 0.670. The third-order valence-electron chi connectivity index (χ3n) is 3.81. The number of benzene rings is 1. The highest BCUT2D eigenvalue weighted by Gasteiger charge is 2.23. The zero-order valence-electron chi connectivity index (χ0n) is 12.2. The van der Waals surface area contributed by atoms with Crippen LogP contribution in [0.2, 0.25) is 0 Å². The Morgan fingerprint density at radius 3 is 2.55 bits per heavy atom. The molecule has 1 fully saturated rings. The van der Waals surface area contributed by atoms with Gasteiger partial charge in [0.05, 0.1) is 4.90 Å². The second kappa shape index (κ2) is 7.41. The molecule has 1 aromatic rings. The average molecular weight is 299 g/mol. The average Bonchev–Trinajstić information content (AvgIpc) is 2.40. The smallest absolute Gasteiger partial charge is 0.140 e. The Kier molecular flexibility index (Phi) is 5.85. The summed E-state index contributed by atoms with van der Waals surface area (Å²) in [4.78, 5) is 0.198. The fourth-order valence-corrected chi connectivity index (χ4v) is 4.13.